The number of rotatable bonds is 5. The maximum atomic E-state index is 13.5. The van der Waals surface area contributed by atoms with Gasteiger partial charge in [0.15, 0.2) is 0 Å². The highest BCUT2D eigenvalue weighted by molar-refractivity contribution is 14.1. The molecule has 0 radical (unpaired) electrons. The minimum Gasteiger partial charge on any atom is -0.481 e. The van der Waals surface area contributed by atoms with E-state index in [0.29, 0.717) is 5.88 Å². The van der Waals surface area contributed by atoms with Gasteiger partial charge in [0.1, 0.15) is 11.5 Å². The van der Waals surface area contributed by atoms with Gasteiger partial charge in [-0.3, -0.25) is 10.1 Å². The Balaban J connectivity index is 2.18. The molecule has 2 aromatic rings. The fraction of sp³-hybridized carbons (Fsp3) is 0.154. The summed E-state index contributed by atoms with van der Waals surface area (Å²) in [5, 5.41) is 13.8. The molecule has 0 unspecified atom stereocenters. The Morgan fingerprint density at radius 2 is 2.24 bits per heavy atom. The number of nitro groups is 1. The monoisotopic (exact) mass is 403 g/mol. The van der Waals surface area contributed by atoms with Crippen LogP contribution in [0.3, 0.4) is 0 Å². The Labute approximate surface area is 133 Å². The first-order chi connectivity index (χ1) is 10.0. The quantitative estimate of drug-likeness (QED) is 0.471. The Hall–Kier alpha value is -1.97. The minimum atomic E-state index is -0.545. The average Bonchev–Trinajstić information content (AvgIpc) is 2.48. The Morgan fingerprint density at radius 3 is 2.81 bits per heavy atom. The number of aromatic nitrogens is 1. The van der Waals surface area contributed by atoms with Crippen LogP contribution in [0.15, 0.2) is 30.5 Å². The number of ether oxygens (including phenoxy) is 1. The van der Waals surface area contributed by atoms with Gasteiger partial charge in [-0.25, -0.2) is 9.37 Å². The maximum Gasteiger partial charge on any atom is 0.293 e. The predicted octanol–water partition coefficient (Wildman–Crippen LogP) is 3.35. The van der Waals surface area contributed by atoms with Crippen molar-refractivity contribution in [3.05, 3.63) is 55.5 Å². The molecular weight excluding hydrogens is 392 g/mol. The molecular formula is C13H11FIN3O3. The third-order valence-electron chi connectivity index (χ3n) is 2.73. The lowest BCUT2D eigenvalue weighted by atomic mass is 10.2. The molecule has 0 saturated carbocycles. The van der Waals surface area contributed by atoms with Crippen LogP contribution in [0.25, 0.3) is 0 Å². The zero-order valence-corrected chi connectivity index (χ0v) is 13.1. The summed E-state index contributed by atoms with van der Waals surface area (Å²) in [7, 11) is 1.51. The number of methoxy groups -OCH3 is 1. The first kappa shape index (κ1) is 15.4. The zero-order valence-electron chi connectivity index (χ0n) is 11.0. The third-order valence-corrected chi connectivity index (χ3v) is 3.55. The number of nitro benzene ring substituents is 1. The molecule has 0 spiro atoms. The molecule has 8 heteroatoms. The number of nitrogens with zero attached hydrogens (tertiary/aromatic N) is 2. The van der Waals surface area contributed by atoms with E-state index in [0.717, 1.165) is 11.6 Å². The standard InChI is InChI=1S/C13H11FIN3O3/c1-21-13-3-2-8(7-17-13)6-16-11-4-9(14)10(15)5-12(11)18(19)20/h2-5,7,16H,6H2,1H3. The first-order valence-corrected chi connectivity index (χ1v) is 6.95. The van der Waals surface area contributed by atoms with Crippen LogP contribution in [0.5, 0.6) is 5.88 Å². The Morgan fingerprint density at radius 1 is 1.48 bits per heavy atom. The summed E-state index contributed by atoms with van der Waals surface area (Å²) >= 11 is 1.72. The molecule has 21 heavy (non-hydrogen) atoms. The van der Waals surface area contributed by atoms with Gasteiger partial charge in [-0.15, -0.1) is 0 Å². The van der Waals surface area contributed by atoms with E-state index in [2.05, 4.69) is 10.3 Å². The predicted molar refractivity (Wildman–Crippen MR) is 83.9 cm³/mol. The summed E-state index contributed by atoms with van der Waals surface area (Å²) in [6, 6.07) is 5.77. The molecule has 0 bridgehead atoms. The van der Waals surface area contributed by atoms with Crippen LogP contribution in [0.2, 0.25) is 0 Å². The minimum absolute atomic E-state index is 0.133. The molecule has 0 saturated heterocycles. The number of benzene rings is 1. The highest BCUT2D eigenvalue weighted by atomic mass is 127. The van der Waals surface area contributed by atoms with Crippen molar-refractivity contribution in [2.75, 3.05) is 12.4 Å². The molecule has 0 atom stereocenters. The van der Waals surface area contributed by atoms with Crippen LogP contribution in [-0.4, -0.2) is 17.0 Å². The smallest absolute Gasteiger partial charge is 0.293 e. The first-order valence-electron chi connectivity index (χ1n) is 5.87. The van der Waals surface area contributed by atoms with Crippen molar-refractivity contribution in [3.63, 3.8) is 0 Å². The Bertz CT molecular complexity index is 664. The van der Waals surface area contributed by atoms with Crippen LogP contribution in [0.4, 0.5) is 15.8 Å². The van der Waals surface area contributed by atoms with E-state index in [4.69, 9.17) is 4.74 Å². The summed E-state index contributed by atoms with van der Waals surface area (Å²) in [5.74, 6) is -0.0263. The maximum absolute atomic E-state index is 13.5. The van der Waals surface area contributed by atoms with Crippen molar-refractivity contribution in [1.29, 1.82) is 0 Å². The highest BCUT2D eigenvalue weighted by Crippen LogP contribution is 2.29. The lowest BCUT2D eigenvalue weighted by Crippen LogP contribution is -2.04. The van der Waals surface area contributed by atoms with E-state index < -0.39 is 10.7 Å². The van der Waals surface area contributed by atoms with Crippen molar-refractivity contribution in [2.24, 2.45) is 0 Å². The fourth-order valence-corrected chi connectivity index (χ4v) is 2.11. The molecule has 1 heterocycles. The molecule has 1 aromatic heterocycles. The van der Waals surface area contributed by atoms with Crippen LogP contribution < -0.4 is 10.1 Å². The number of halogens is 2. The number of nitrogens with one attached hydrogen (secondary N) is 1. The lowest BCUT2D eigenvalue weighted by molar-refractivity contribution is -0.384. The number of hydrogen-bond acceptors (Lipinski definition) is 5. The molecule has 1 aromatic carbocycles. The number of hydrogen-bond donors (Lipinski definition) is 1. The second-order valence-corrected chi connectivity index (χ2v) is 5.27. The van der Waals surface area contributed by atoms with Crippen LogP contribution in [0.1, 0.15) is 5.56 Å². The molecule has 2 rings (SSSR count). The normalized spacial score (nSPS) is 10.2. The fourth-order valence-electron chi connectivity index (χ4n) is 1.66. The molecule has 0 aliphatic heterocycles. The second-order valence-electron chi connectivity index (χ2n) is 4.10. The van der Waals surface area contributed by atoms with Crippen LogP contribution in [-0.2, 0) is 6.54 Å². The average molecular weight is 403 g/mol. The third kappa shape index (κ3) is 3.78. The lowest BCUT2D eigenvalue weighted by Gasteiger charge is -2.08. The number of anilines is 1. The van der Waals surface area contributed by atoms with E-state index in [9.17, 15) is 14.5 Å². The van der Waals surface area contributed by atoms with E-state index >= 15 is 0 Å². The van der Waals surface area contributed by atoms with Gasteiger partial charge in [-0.1, -0.05) is 6.07 Å². The van der Waals surface area contributed by atoms with Crippen LogP contribution in [0, 0.1) is 19.5 Å². The van der Waals surface area contributed by atoms with Gasteiger partial charge in [0.2, 0.25) is 5.88 Å². The summed E-state index contributed by atoms with van der Waals surface area (Å²) in [6.07, 6.45) is 1.58. The molecule has 0 aliphatic rings. The molecule has 0 amide bonds. The summed E-state index contributed by atoms with van der Waals surface area (Å²) in [4.78, 5) is 14.5. The molecule has 0 fully saturated rings. The number of pyridine rings is 1. The molecule has 110 valence electrons. The van der Waals surface area contributed by atoms with E-state index in [-0.39, 0.29) is 21.5 Å². The van der Waals surface area contributed by atoms with Crippen molar-refractivity contribution >= 4 is 34.0 Å². The summed E-state index contributed by atoms with van der Waals surface area (Å²) in [5.41, 5.74) is 0.764. The van der Waals surface area contributed by atoms with Crippen molar-refractivity contribution in [3.8, 4) is 5.88 Å². The van der Waals surface area contributed by atoms with E-state index in [1.807, 2.05) is 0 Å². The van der Waals surface area contributed by atoms with Gasteiger partial charge in [0.25, 0.3) is 5.69 Å². The largest absolute Gasteiger partial charge is 0.481 e. The molecule has 6 nitrogen and oxygen atoms in total. The van der Waals surface area contributed by atoms with E-state index in [1.54, 1.807) is 40.9 Å². The molecule has 1 N–H and O–H groups in total. The van der Waals surface area contributed by atoms with Gasteiger partial charge in [0.05, 0.1) is 15.6 Å². The highest BCUT2D eigenvalue weighted by Gasteiger charge is 2.17. The summed E-state index contributed by atoms with van der Waals surface area (Å²) in [6.45, 7) is 0.290. The SMILES string of the molecule is COc1ccc(CNc2cc(F)c(I)cc2[N+](=O)[O-])cn1. The van der Waals surface area contributed by atoms with Gasteiger partial charge in [0, 0.05) is 30.9 Å². The second kappa shape index (κ2) is 6.66. The van der Waals surface area contributed by atoms with Crippen molar-refractivity contribution in [1.82, 2.24) is 4.98 Å². The van der Waals surface area contributed by atoms with Crippen LogP contribution >= 0.6 is 22.6 Å². The van der Waals surface area contributed by atoms with Gasteiger partial charge >= 0.3 is 0 Å². The van der Waals surface area contributed by atoms with Crippen molar-refractivity contribution in [2.45, 2.75) is 6.54 Å². The topological polar surface area (TPSA) is 77.3 Å². The summed E-state index contributed by atoms with van der Waals surface area (Å²) < 4.78 is 18.7. The Kier molecular flexibility index (Phi) is 4.89. The molecule has 0 aliphatic carbocycles. The van der Waals surface area contributed by atoms with Gasteiger partial charge in [-0.05, 0) is 28.2 Å². The van der Waals surface area contributed by atoms with Crippen molar-refractivity contribution < 1.29 is 14.1 Å². The zero-order chi connectivity index (χ0) is 15.4. The van der Waals surface area contributed by atoms with Gasteiger partial charge < -0.3 is 10.1 Å². The van der Waals surface area contributed by atoms with E-state index in [1.165, 1.54) is 13.2 Å². The van der Waals surface area contributed by atoms with Gasteiger partial charge in [-0.2, -0.15) is 0 Å².